The number of thiocarbonyl (C=S) groups is 1. The molecule has 2 saturated heterocycles. The number of anilines is 1. The van der Waals surface area contributed by atoms with E-state index in [0.29, 0.717) is 4.32 Å². The van der Waals surface area contributed by atoms with Gasteiger partial charge in [0.2, 0.25) is 0 Å². The quantitative estimate of drug-likeness (QED) is 0.586. The number of hydrogen-bond donors (Lipinski definition) is 0. The van der Waals surface area contributed by atoms with Crippen LogP contribution >= 0.6 is 35.7 Å². The van der Waals surface area contributed by atoms with Crippen LogP contribution in [-0.4, -0.2) is 34.5 Å². The zero-order valence-corrected chi connectivity index (χ0v) is 12.8. The molecule has 0 N–H and O–H groups in total. The van der Waals surface area contributed by atoms with Crippen molar-refractivity contribution in [2.45, 2.75) is 0 Å². The third kappa shape index (κ3) is 2.28. The molecule has 1 amide bonds. The highest BCUT2D eigenvalue weighted by Crippen LogP contribution is 2.41. The minimum Gasteiger partial charge on any atom is -0.368 e. The number of benzene rings is 1. The topological polar surface area (TPSA) is 23.6 Å². The molecule has 2 aliphatic rings. The van der Waals surface area contributed by atoms with E-state index >= 15 is 0 Å². The Morgan fingerprint density at radius 2 is 2.00 bits per heavy atom. The number of carbonyl (C=O) groups excluding carboxylic acids is 1. The van der Waals surface area contributed by atoms with Gasteiger partial charge >= 0.3 is 0 Å². The van der Waals surface area contributed by atoms with E-state index in [0.717, 1.165) is 27.9 Å². The molecule has 0 radical (unpaired) electrons. The maximum atomic E-state index is 12.6. The van der Waals surface area contributed by atoms with Crippen molar-refractivity contribution in [3.63, 3.8) is 0 Å². The van der Waals surface area contributed by atoms with Gasteiger partial charge in [-0.05, 0) is 12.1 Å². The molecular weight excluding hydrogens is 296 g/mol. The lowest BCUT2D eigenvalue weighted by Gasteiger charge is -2.15. The summed E-state index contributed by atoms with van der Waals surface area (Å²) in [7, 11) is 2.02. The predicted molar refractivity (Wildman–Crippen MR) is 86.2 cm³/mol. The summed E-state index contributed by atoms with van der Waals surface area (Å²) >= 11 is 8.49. The van der Waals surface area contributed by atoms with Crippen molar-refractivity contribution in [3.05, 3.63) is 40.3 Å². The zero-order valence-electron chi connectivity index (χ0n) is 10.3. The van der Waals surface area contributed by atoms with Gasteiger partial charge < -0.3 is 4.90 Å². The summed E-state index contributed by atoms with van der Waals surface area (Å²) in [6.45, 7) is 0.982. The smallest absolute Gasteiger partial charge is 0.273 e. The molecule has 0 saturated carbocycles. The van der Waals surface area contributed by atoms with Crippen LogP contribution in [0.2, 0.25) is 0 Å². The summed E-state index contributed by atoms with van der Waals surface area (Å²) in [6.07, 6.45) is 0. The number of rotatable bonds is 1. The Labute approximate surface area is 126 Å². The maximum Gasteiger partial charge on any atom is 0.273 e. The lowest BCUT2D eigenvalue weighted by molar-refractivity contribution is -0.113. The van der Waals surface area contributed by atoms with Crippen LogP contribution in [0.15, 0.2) is 40.3 Å². The Kier molecular flexibility index (Phi) is 3.56. The van der Waals surface area contributed by atoms with Gasteiger partial charge in [0.05, 0.1) is 10.7 Å². The second-order valence-corrected chi connectivity index (χ2v) is 6.98. The SMILES string of the molecule is CN1CCS/C1=C1\SC(=S)N(c2ccccc2)C1=O. The van der Waals surface area contributed by atoms with E-state index in [9.17, 15) is 4.79 Å². The lowest BCUT2D eigenvalue weighted by atomic mass is 10.3. The van der Waals surface area contributed by atoms with Crippen LogP contribution in [-0.2, 0) is 4.79 Å². The molecular formula is C13H12N2OS3. The first-order valence-electron chi connectivity index (χ1n) is 5.88. The molecule has 98 valence electrons. The number of nitrogens with zero attached hydrogens (tertiary/aromatic N) is 2. The number of hydrogen-bond acceptors (Lipinski definition) is 5. The Morgan fingerprint density at radius 3 is 2.63 bits per heavy atom. The summed E-state index contributed by atoms with van der Waals surface area (Å²) in [5, 5.41) is 1.05. The number of para-hydroxylation sites is 1. The standard InChI is InChI=1S/C13H12N2OS3/c1-14-7-8-18-12(14)10-11(16)15(13(17)19-10)9-5-3-2-4-6-9/h2-6H,7-8H2,1H3/b12-10-. The van der Waals surface area contributed by atoms with Gasteiger partial charge in [-0.3, -0.25) is 9.69 Å². The van der Waals surface area contributed by atoms with Crippen LogP contribution in [0.1, 0.15) is 0 Å². The van der Waals surface area contributed by atoms with E-state index in [1.54, 1.807) is 16.7 Å². The second-order valence-electron chi connectivity index (χ2n) is 4.25. The van der Waals surface area contributed by atoms with Crippen molar-refractivity contribution in [2.24, 2.45) is 0 Å². The van der Waals surface area contributed by atoms with Gasteiger partial charge in [0.1, 0.15) is 4.91 Å². The van der Waals surface area contributed by atoms with E-state index in [1.165, 1.54) is 11.8 Å². The molecule has 3 nitrogen and oxygen atoms in total. The molecule has 3 rings (SSSR count). The predicted octanol–water partition coefficient (Wildman–Crippen LogP) is 2.90. The van der Waals surface area contributed by atoms with Crippen LogP contribution in [0.4, 0.5) is 5.69 Å². The van der Waals surface area contributed by atoms with Gasteiger partial charge in [0.25, 0.3) is 5.91 Å². The molecule has 0 spiro atoms. The summed E-state index contributed by atoms with van der Waals surface area (Å²) in [5.41, 5.74) is 0.839. The highest BCUT2D eigenvalue weighted by Gasteiger charge is 2.37. The summed E-state index contributed by atoms with van der Waals surface area (Å²) in [6, 6.07) is 9.57. The molecule has 2 fully saturated rings. The van der Waals surface area contributed by atoms with Crippen molar-refractivity contribution in [3.8, 4) is 0 Å². The Bertz CT molecular complexity index is 571. The van der Waals surface area contributed by atoms with Crippen LogP contribution in [0.25, 0.3) is 0 Å². The minimum atomic E-state index is -0.00236. The van der Waals surface area contributed by atoms with Crippen molar-refractivity contribution < 1.29 is 4.79 Å². The fourth-order valence-electron chi connectivity index (χ4n) is 2.03. The fourth-order valence-corrected chi connectivity index (χ4v) is 4.73. The van der Waals surface area contributed by atoms with E-state index in [4.69, 9.17) is 12.2 Å². The summed E-state index contributed by atoms with van der Waals surface area (Å²) in [5.74, 6) is 1.03. The monoisotopic (exact) mass is 308 g/mol. The highest BCUT2D eigenvalue weighted by atomic mass is 32.2. The van der Waals surface area contributed by atoms with Gasteiger partial charge in [-0.15, -0.1) is 11.8 Å². The van der Waals surface area contributed by atoms with Gasteiger partial charge in [-0.25, -0.2) is 0 Å². The summed E-state index contributed by atoms with van der Waals surface area (Å²) in [4.78, 5) is 17.1. The molecule has 1 aromatic carbocycles. The molecule has 0 bridgehead atoms. The first-order chi connectivity index (χ1) is 9.18. The van der Waals surface area contributed by atoms with Crippen molar-refractivity contribution in [2.75, 3.05) is 24.2 Å². The van der Waals surface area contributed by atoms with Crippen molar-refractivity contribution in [1.29, 1.82) is 0 Å². The highest BCUT2D eigenvalue weighted by molar-refractivity contribution is 8.27. The van der Waals surface area contributed by atoms with Crippen LogP contribution in [0.5, 0.6) is 0 Å². The number of amides is 1. The van der Waals surface area contributed by atoms with Gasteiger partial charge in [0, 0.05) is 19.3 Å². The van der Waals surface area contributed by atoms with E-state index in [-0.39, 0.29) is 5.91 Å². The largest absolute Gasteiger partial charge is 0.368 e. The Hall–Kier alpha value is -0.980. The van der Waals surface area contributed by atoms with Crippen molar-refractivity contribution in [1.82, 2.24) is 4.90 Å². The molecule has 0 unspecified atom stereocenters. The van der Waals surface area contributed by atoms with Crippen molar-refractivity contribution >= 4 is 51.7 Å². The van der Waals surface area contributed by atoms with Gasteiger partial charge in [0.15, 0.2) is 4.32 Å². The summed E-state index contributed by atoms with van der Waals surface area (Å²) < 4.78 is 0.611. The van der Waals surface area contributed by atoms with Crippen LogP contribution < -0.4 is 4.90 Å². The number of carbonyl (C=O) groups is 1. The van der Waals surface area contributed by atoms with E-state index in [1.807, 2.05) is 37.4 Å². The Balaban J connectivity index is 1.99. The molecule has 0 aromatic heterocycles. The normalized spacial score (nSPS) is 23.6. The number of thioether (sulfide) groups is 2. The van der Waals surface area contributed by atoms with E-state index < -0.39 is 0 Å². The average molecular weight is 308 g/mol. The fraction of sp³-hybridized carbons (Fsp3) is 0.231. The lowest BCUT2D eigenvalue weighted by Crippen LogP contribution is -2.28. The first kappa shape index (κ1) is 13.0. The maximum absolute atomic E-state index is 12.6. The molecule has 1 aromatic rings. The second kappa shape index (κ2) is 5.19. The van der Waals surface area contributed by atoms with Crippen LogP contribution in [0.3, 0.4) is 0 Å². The van der Waals surface area contributed by atoms with E-state index in [2.05, 4.69) is 4.90 Å². The average Bonchev–Trinajstić information content (AvgIpc) is 2.94. The molecule has 2 aliphatic heterocycles. The molecule has 0 aliphatic carbocycles. The molecule has 0 atom stereocenters. The molecule has 2 heterocycles. The molecule has 6 heteroatoms. The van der Waals surface area contributed by atoms with Gasteiger partial charge in [-0.2, -0.15) is 0 Å². The first-order valence-corrected chi connectivity index (χ1v) is 8.09. The third-order valence-corrected chi connectivity index (χ3v) is 5.66. The third-order valence-electron chi connectivity index (χ3n) is 2.99. The van der Waals surface area contributed by atoms with Gasteiger partial charge in [-0.1, -0.05) is 42.2 Å². The Morgan fingerprint density at radius 1 is 1.26 bits per heavy atom. The zero-order chi connectivity index (χ0) is 13.4. The van der Waals surface area contributed by atoms with Crippen LogP contribution in [0, 0.1) is 0 Å². The molecule has 19 heavy (non-hydrogen) atoms. The minimum absolute atomic E-state index is 0.00236.